The molecule has 1 fully saturated rings. The van der Waals surface area contributed by atoms with Crippen LogP contribution < -0.4 is 10.5 Å². The van der Waals surface area contributed by atoms with Crippen molar-refractivity contribution >= 4 is 16.8 Å². The standard InChI is InChI=1S/C23H25F3N4O4/c1-4-22(32)9-10-30(11-22)21(31)18-19(12(2)27)34-20(29-18)14-5-7-15(33-3)17-13(14)6-8-16(28-17)23(24,25)26/h5-8,12,32H,4,9-11,27H2,1-3H3/t12-,22?/m0/s1. The minimum atomic E-state index is -4.63. The Morgan fingerprint density at radius 1 is 1.32 bits per heavy atom. The maximum Gasteiger partial charge on any atom is 0.433 e. The summed E-state index contributed by atoms with van der Waals surface area (Å²) in [5.74, 6) is -0.108. The Hall–Kier alpha value is -3.18. The number of carbonyl (C=O) groups excluding carboxylic acids is 1. The fraction of sp³-hybridized carbons (Fsp3) is 0.435. The van der Waals surface area contributed by atoms with Gasteiger partial charge in [0, 0.05) is 24.0 Å². The Kier molecular flexibility index (Phi) is 6.03. The lowest BCUT2D eigenvalue weighted by Crippen LogP contribution is -2.36. The molecule has 0 spiro atoms. The molecule has 0 saturated carbocycles. The molecule has 0 bridgehead atoms. The van der Waals surface area contributed by atoms with Gasteiger partial charge in [-0.05, 0) is 44.0 Å². The number of nitrogens with zero attached hydrogens (tertiary/aromatic N) is 3. The number of ether oxygens (including phenoxy) is 1. The van der Waals surface area contributed by atoms with Gasteiger partial charge in [-0.15, -0.1) is 0 Å². The number of pyridine rings is 1. The van der Waals surface area contributed by atoms with Gasteiger partial charge in [-0.1, -0.05) is 6.92 Å². The number of likely N-dealkylation sites (tertiary alicyclic amines) is 1. The van der Waals surface area contributed by atoms with Gasteiger partial charge in [0.25, 0.3) is 5.91 Å². The molecule has 0 radical (unpaired) electrons. The van der Waals surface area contributed by atoms with Crippen LogP contribution in [-0.4, -0.2) is 51.7 Å². The molecule has 1 saturated heterocycles. The van der Waals surface area contributed by atoms with Crippen LogP contribution in [0.4, 0.5) is 13.2 Å². The van der Waals surface area contributed by atoms with Gasteiger partial charge in [0.15, 0.2) is 11.5 Å². The number of fused-ring (bicyclic) bond motifs is 1. The van der Waals surface area contributed by atoms with Crippen LogP contribution in [0.25, 0.3) is 22.4 Å². The molecule has 8 nitrogen and oxygen atoms in total. The van der Waals surface area contributed by atoms with Crippen LogP contribution >= 0.6 is 0 Å². The summed E-state index contributed by atoms with van der Waals surface area (Å²) < 4.78 is 50.8. The fourth-order valence-corrected chi connectivity index (χ4v) is 4.08. The fourth-order valence-electron chi connectivity index (χ4n) is 4.08. The van der Waals surface area contributed by atoms with Gasteiger partial charge in [-0.3, -0.25) is 4.79 Å². The van der Waals surface area contributed by atoms with Gasteiger partial charge < -0.3 is 24.9 Å². The van der Waals surface area contributed by atoms with Crippen LogP contribution in [-0.2, 0) is 6.18 Å². The van der Waals surface area contributed by atoms with Crippen LogP contribution in [0.1, 0.15) is 54.7 Å². The largest absolute Gasteiger partial charge is 0.494 e. The Morgan fingerprint density at radius 2 is 2.06 bits per heavy atom. The van der Waals surface area contributed by atoms with Crippen LogP contribution in [0.2, 0.25) is 0 Å². The minimum absolute atomic E-state index is 0.00851. The monoisotopic (exact) mass is 478 g/mol. The molecule has 1 aliphatic rings. The number of aliphatic hydroxyl groups is 1. The zero-order chi connectivity index (χ0) is 24.8. The summed E-state index contributed by atoms with van der Waals surface area (Å²) in [6.45, 7) is 4.01. The molecule has 1 unspecified atom stereocenters. The number of amides is 1. The molecule has 3 heterocycles. The maximum atomic E-state index is 13.2. The lowest BCUT2D eigenvalue weighted by Gasteiger charge is -2.21. The minimum Gasteiger partial charge on any atom is -0.494 e. The Labute approximate surface area is 193 Å². The number of nitrogens with two attached hydrogens (primary N) is 1. The number of carbonyl (C=O) groups is 1. The number of alkyl halides is 3. The van der Waals surface area contributed by atoms with Gasteiger partial charge >= 0.3 is 6.18 Å². The molecular weight excluding hydrogens is 453 g/mol. The summed E-state index contributed by atoms with van der Waals surface area (Å²) >= 11 is 0. The van der Waals surface area contributed by atoms with E-state index in [1.54, 1.807) is 13.0 Å². The summed E-state index contributed by atoms with van der Waals surface area (Å²) in [6.07, 6.45) is -3.68. The number of hydrogen-bond donors (Lipinski definition) is 2. The molecule has 182 valence electrons. The van der Waals surface area contributed by atoms with E-state index >= 15 is 0 Å². The molecule has 1 aliphatic heterocycles. The van der Waals surface area contributed by atoms with E-state index in [9.17, 15) is 23.1 Å². The van der Waals surface area contributed by atoms with E-state index in [4.69, 9.17) is 14.9 Å². The number of aromatic nitrogens is 2. The van der Waals surface area contributed by atoms with E-state index in [1.165, 1.54) is 24.1 Å². The zero-order valence-electron chi connectivity index (χ0n) is 18.9. The number of benzene rings is 1. The van der Waals surface area contributed by atoms with E-state index in [0.717, 1.165) is 6.07 Å². The van der Waals surface area contributed by atoms with Crippen LogP contribution in [0.5, 0.6) is 5.75 Å². The van der Waals surface area contributed by atoms with Crippen molar-refractivity contribution in [2.24, 2.45) is 5.73 Å². The first-order valence-corrected chi connectivity index (χ1v) is 10.8. The number of hydrogen-bond acceptors (Lipinski definition) is 7. The van der Waals surface area contributed by atoms with Gasteiger partial charge in [0.05, 0.1) is 18.8 Å². The van der Waals surface area contributed by atoms with Crippen molar-refractivity contribution in [3.8, 4) is 17.2 Å². The highest BCUT2D eigenvalue weighted by atomic mass is 19.4. The van der Waals surface area contributed by atoms with Crippen LogP contribution in [0.3, 0.4) is 0 Å². The SMILES string of the molecule is CCC1(O)CCN(C(=O)c2nc(-c3ccc(OC)c4nc(C(F)(F)F)ccc34)oc2[C@H](C)N)C1. The van der Waals surface area contributed by atoms with E-state index in [-0.39, 0.29) is 35.2 Å². The third-order valence-corrected chi connectivity index (χ3v) is 6.11. The molecule has 34 heavy (non-hydrogen) atoms. The van der Waals surface area contributed by atoms with Crippen molar-refractivity contribution < 1.29 is 32.2 Å². The molecule has 1 amide bonds. The first kappa shape index (κ1) is 24.0. The molecule has 4 rings (SSSR count). The highest BCUT2D eigenvalue weighted by Gasteiger charge is 2.39. The lowest BCUT2D eigenvalue weighted by molar-refractivity contribution is -0.140. The molecule has 1 aromatic carbocycles. The van der Waals surface area contributed by atoms with Gasteiger partial charge in [-0.25, -0.2) is 9.97 Å². The summed E-state index contributed by atoms with van der Waals surface area (Å²) in [4.78, 5) is 22.8. The predicted octanol–water partition coefficient (Wildman–Crippen LogP) is 3.92. The summed E-state index contributed by atoms with van der Waals surface area (Å²) in [5, 5.41) is 10.8. The first-order chi connectivity index (χ1) is 16.0. The number of β-amino-alcohol motifs (C(OH)–C–C–N with tert-alkyl or cyclic N) is 1. The van der Waals surface area contributed by atoms with Crippen LogP contribution in [0.15, 0.2) is 28.7 Å². The number of methoxy groups -OCH3 is 1. The van der Waals surface area contributed by atoms with Gasteiger partial charge in [0.1, 0.15) is 17.0 Å². The molecular formula is C23H25F3N4O4. The Bertz CT molecular complexity index is 1240. The topological polar surface area (TPSA) is 115 Å². The van der Waals surface area contributed by atoms with Crippen LogP contribution in [0, 0.1) is 0 Å². The molecule has 2 atom stereocenters. The number of rotatable bonds is 5. The van der Waals surface area contributed by atoms with E-state index in [2.05, 4.69) is 9.97 Å². The average molecular weight is 478 g/mol. The summed E-state index contributed by atoms with van der Waals surface area (Å²) in [7, 11) is 1.33. The van der Waals surface area contributed by atoms with Crippen molar-refractivity contribution in [1.82, 2.24) is 14.9 Å². The molecule has 2 aromatic heterocycles. The molecule has 3 N–H and O–H groups in total. The van der Waals surface area contributed by atoms with E-state index < -0.39 is 29.4 Å². The van der Waals surface area contributed by atoms with Crippen molar-refractivity contribution in [1.29, 1.82) is 0 Å². The van der Waals surface area contributed by atoms with Crippen molar-refractivity contribution in [3.63, 3.8) is 0 Å². The van der Waals surface area contributed by atoms with Crippen molar-refractivity contribution in [2.75, 3.05) is 20.2 Å². The maximum absolute atomic E-state index is 13.2. The third-order valence-electron chi connectivity index (χ3n) is 6.11. The zero-order valence-corrected chi connectivity index (χ0v) is 18.9. The highest BCUT2D eigenvalue weighted by molar-refractivity contribution is 5.98. The summed E-state index contributed by atoms with van der Waals surface area (Å²) in [6, 6.07) is 4.49. The van der Waals surface area contributed by atoms with Crippen molar-refractivity contribution in [3.05, 3.63) is 41.4 Å². The number of oxazole rings is 1. The highest BCUT2D eigenvalue weighted by Crippen LogP contribution is 2.38. The molecule has 0 aliphatic carbocycles. The van der Waals surface area contributed by atoms with Crippen molar-refractivity contribution in [2.45, 2.75) is 44.5 Å². The lowest BCUT2D eigenvalue weighted by atomic mass is 10.0. The second kappa shape index (κ2) is 8.55. The second-order valence-corrected chi connectivity index (χ2v) is 8.48. The summed E-state index contributed by atoms with van der Waals surface area (Å²) in [5.41, 5.74) is 4.35. The predicted molar refractivity (Wildman–Crippen MR) is 117 cm³/mol. The van der Waals surface area contributed by atoms with E-state index in [0.29, 0.717) is 30.3 Å². The third kappa shape index (κ3) is 4.21. The Morgan fingerprint density at radius 3 is 2.65 bits per heavy atom. The Balaban J connectivity index is 1.81. The molecule has 3 aromatic rings. The first-order valence-electron chi connectivity index (χ1n) is 10.8. The van der Waals surface area contributed by atoms with Gasteiger partial charge in [0.2, 0.25) is 5.89 Å². The normalized spacial score (nSPS) is 19.6. The quantitative estimate of drug-likeness (QED) is 0.571. The molecule has 11 heteroatoms. The van der Waals surface area contributed by atoms with Gasteiger partial charge in [-0.2, -0.15) is 13.2 Å². The second-order valence-electron chi connectivity index (χ2n) is 8.48. The number of halogens is 3. The smallest absolute Gasteiger partial charge is 0.433 e. The average Bonchev–Trinajstić information content (AvgIpc) is 3.42. The van der Waals surface area contributed by atoms with E-state index in [1.807, 2.05) is 6.92 Å².